The Bertz CT molecular complexity index is 781. The largest absolute Gasteiger partial charge is 0.492 e. The standard InChI is InChI=1S/C19H24BrN3O2S/c1-19(2,3)13-8-9-15(14(20)11-13)25-10-4-5-16(24)21-18-23-22-17(26-18)12-6-7-12/h8-9,11-12H,4-7,10H2,1-3H3,(H,21,23,24). The average molecular weight is 438 g/mol. The zero-order valence-electron chi connectivity index (χ0n) is 15.3. The SMILES string of the molecule is CC(C)(C)c1ccc(OCCCC(=O)Nc2nnc(C3CC3)s2)c(Br)c1. The van der Waals surface area contributed by atoms with Crippen LogP contribution in [0.2, 0.25) is 0 Å². The Morgan fingerprint density at radius 2 is 2.12 bits per heavy atom. The minimum atomic E-state index is -0.0470. The van der Waals surface area contributed by atoms with E-state index in [-0.39, 0.29) is 11.3 Å². The number of carbonyl (C=O) groups excluding carboxylic acids is 1. The van der Waals surface area contributed by atoms with Crippen molar-refractivity contribution in [2.24, 2.45) is 0 Å². The molecule has 1 aromatic carbocycles. The van der Waals surface area contributed by atoms with Crippen LogP contribution in [0.4, 0.5) is 5.13 Å². The molecule has 7 heteroatoms. The number of aromatic nitrogens is 2. The van der Waals surface area contributed by atoms with E-state index in [1.807, 2.05) is 6.07 Å². The summed E-state index contributed by atoms with van der Waals surface area (Å²) in [6.45, 7) is 7.03. The van der Waals surface area contributed by atoms with Crippen LogP contribution in [0.3, 0.4) is 0 Å². The lowest BCUT2D eigenvalue weighted by Crippen LogP contribution is -2.13. The summed E-state index contributed by atoms with van der Waals surface area (Å²) in [5.41, 5.74) is 1.35. The minimum Gasteiger partial charge on any atom is -0.492 e. The first kappa shape index (κ1) is 19.3. The number of ether oxygens (including phenoxy) is 1. The van der Waals surface area contributed by atoms with Crippen molar-refractivity contribution in [3.8, 4) is 5.75 Å². The number of amides is 1. The van der Waals surface area contributed by atoms with E-state index in [0.29, 0.717) is 30.5 Å². The Morgan fingerprint density at radius 1 is 1.35 bits per heavy atom. The Hall–Kier alpha value is -1.47. The molecule has 0 aliphatic heterocycles. The average Bonchev–Trinajstić information content (AvgIpc) is 3.32. The van der Waals surface area contributed by atoms with Gasteiger partial charge in [0.2, 0.25) is 11.0 Å². The fourth-order valence-electron chi connectivity index (χ4n) is 2.46. The summed E-state index contributed by atoms with van der Waals surface area (Å²) in [5, 5.41) is 12.6. The maximum absolute atomic E-state index is 12.0. The van der Waals surface area contributed by atoms with Gasteiger partial charge in [0.1, 0.15) is 10.8 Å². The predicted octanol–water partition coefficient (Wildman–Crippen LogP) is 5.27. The molecule has 0 bridgehead atoms. The van der Waals surface area contributed by atoms with Crippen LogP contribution in [-0.2, 0) is 10.2 Å². The number of rotatable bonds is 7. The van der Waals surface area contributed by atoms with Crippen LogP contribution in [-0.4, -0.2) is 22.7 Å². The van der Waals surface area contributed by atoms with Gasteiger partial charge in [0.05, 0.1) is 11.1 Å². The number of hydrogen-bond donors (Lipinski definition) is 1. The van der Waals surface area contributed by atoms with Gasteiger partial charge in [0.25, 0.3) is 0 Å². The number of hydrogen-bond acceptors (Lipinski definition) is 5. The molecule has 1 saturated carbocycles. The monoisotopic (exact) mass is 437 g/mol. The summed E-state index contributed by atoms with van der Waals surface area (Å²) in [5.74, 6) is 1.32. The maximum Gasteiger partial charge on any atom is 0.226 e. The van der Waals surface area contributed by atoms with Gasteiger partial charge in [-0.15, -0.1) is 10.2 Å². The maximum atomic E-state index is 12.0. The topological polar surface area (TPSA) is 64.1 Å². The quantitative estimate of drug-likeness (QED) is 0.598. The van der Waals surface area contributed by atoms with E-state index in [0.717, 1.165) is 15.2 Å². The van der Waals surface area contributed by atoms with Crippen LogP contribution in [0.5, 0.6) is 5.75 Å². The molecule has 1 N–H and O–H groups in total. The lowest BCUT2D eigenvalue weighted by molar-refractivity contribution is -0.116. The molecule has 3 rings (SSSR count). The van der Waals surface area contributed by atoms with E-state index in [4.69, 9.17) is 4.74 Å². The number of nitrogens with zero attached hydrogens (tertiary/aromatic N) is 2. The van der Waals surface area contributed by atoms with E-state index in [1.165, 1.54) is 29.7 Å². The number of anilines is 1. The van der Waals surface area contributed by atoms with Gasteiger partial charge in [0, 0.05) is 12.3 Å². The highest BCUT2D eigenvalue weighted by Crippen LogP contribution is 2.42. The summed E-state index contributed by atoms with van der Waals surface area (Å²) in [7, 11) is 0. The number of benzene rings is 1. The molecular weight excluding hydrogens is 414 g/mol. The third kappa shape index (κ3) is 5.27. The van der Waals surface area contributed by atoms with E-state index in [9.17, 15) is 4.79 Å². The molecule has 0 spiro atoms. The van der Waals surface area contributed by atoms with Crippen molar-refractivity contribution in [2.75, 3.05) is 11.9 Å². The van der Waals surface area contributed by atoms with Crippen molar-refractivity contribution < 1.29 is 9.53 Å². The Morgan fingerprint density at radius 3 is 2.77 bits per heavy atom. The normalized spacial score (nSPS) is 14.3. The molecule has 2 aromatic rings. The molecule has 0 radical (unpaired) electrons. The molecule has 1 amide bonds. The molecule has 5 nitrogen and oxygen atoms in total. The summed E-state index contributed by atoms with van der Waals surface area (Å²) in [6.07, 6.45) is 3.42. The first-order chi connectivity index (χ1) is 12.3. The summed E-state index contributed by atoms with van der Waals surface area (Å²) < 4.78 is 6.74. The van der Waals surface area contributed by atoms with Crippen molar-refractivity contribution in [3.05, 3.63) is 33.2 Å². The second kappa shape index (κ2) is 8.05. The molecule has 0 unspecified atom stereocenters. The highest BCUT2D eigenvalue weighted by molar-refractivity contribution is 9.10. The third-order valence-electron chi connectivity index (χ3n) is 4.22. The molecule has 26 heavy (non-hydrogen) atoms. The van der Waals surface area contributed by atoms with Crippen molar-refractivity contribution in [3.63, 3.8) is 0 Å². The van der Waals surface area contributed by atoms with Gasteiger partial charge in [-0.05, 0) is 58.3 Å². The highest BCUT2D eigenvalue weighted by atomic mass is 79.9. The van der Waals surface area contributed by atoms with Gasteiger partial charge in [0.15, 0.2) is 0 Å². The number of nitrogens with one attached hydrogen (secondary N) is 1. The molecule has 1 aromatic heterocycles. The Kier molecular flexibility index (Phi) is 5.97. The van der Waals surface area contributed by atoms with Gasteiger partial charge < -0.3 is 10.1 Å². The molecule has 140 valence electrons. The number of halogens is 1. The molecule has 0 atom stereocenters. The van der Waals surface area contributed by atoms with E-state index < -0.39 is 0 Å². The van der Waals surface area contributed by atoms with Crippen molar-refractivity contribution >= 4 is 38.3 Å². The van der Waals surface area contributed by atoms with Gasteiger partial charge in [-0.2, -0.15) is 0 Å². The molecule has 1 fully saturated rings. The first-order valence-electron chi connectivity index (χ1n) is 8.89. The highest BCUT2D eigenvalue weighted by Gasteiger charge is 2.27. The van der Waals surface area contributed by atoms with Gasteiger partial charge in [-0.25, -0.2) is 0 Å². The lowest BCUT2D eigenvalue weighted by atomic mass is 9.87. The van der Waals surface area contributed by atoms with Crippen LogP contribution in [0, 0.1) is 0 Å². The Balaban J connectivity index is 1.41. The van der Waals surface area contributed by atoms with Gasteiger partial charge in [-0.3, -0.25) is 4.79 Å². The van der Waals surface area contributed by atoms with E-state index in [1.54, 1.807) is 0 Å². The zero-order valence-corrected chi connectivity index (χ0v) is 17.7. The van der Waals surface area contributed by atoms with Gasteiger partial charge >= 0.3 is 0 Å². The molecular formula is C19H24BrN3O2S. The second-order valence-corrected chi connectivity index (χ2v) is 9.48. The number of carbonyl (C=O) groups is 1. The van der Waals surface area contributed by atoms with Crippen LogP contribution < -0.4 is 10.1 Å². The molecule has 1 aliphatic carbocycles. The predicted molar refractivity (Wildman–Crippen MR) is 108 cm³/mol. The molecule has 1 aliphatic rings. The van der Waals surface area contributed by atoms with E-state index in [2.05, 4.69) is 64.3 Å². The van der Waals surface area contributed by atoms with Crippen molar-refractivity contribution in [1.82, 2.24) is 10.2 Å². The zero-order chi connectivity index (χ0) is 18.7. The third-order valence-corrected chi connectivity index (χ3v) is 5.84. The minimum absolute atomic E-state index is 0.0470. The second-order valence-electron chi connectivity index (χ2n) is 7.62. The summed E-state index contributed by atoms with van der Waals surface area (Å²) in [4.78, 5) is 12.0. The first-order valence-corrected chi connectivity index (χ1v) is 10.5. The fraction of sp³-hybridized carbons (Fsp3) is 0.526. The van der Waals surface area contributed by atoms with Crippen molar-refractivity contribution in [2.45, 2.75) is 57.8 Å². The smallest absolute Gasteiger partial charge is 0.226 e. The summed E-state index contributed by atoms with van der Waals surface area (Å²) in [6, 6.07) is 6.15. The van der Waals surface area contributed by atoms with Crippen molar-refractivity contribution in [1.29, 1.82) is 0 Å². The molecule has 1 heterocycles. The van der Waals surface area contributed by atoms with Crippen LogP contribution >= 0.6 is 27.3 Å². The lowest BCUT2D eigenvalue weighted by Gasteiger charge is -2.20. The fourth-order valence-corrected chi connectivity index (χ4v) is 3.88. The van der Waals surface area contributed by atoms with E-state index >= 15 is 0 Å². The van der Waals surface area contributed by atoms with Gasteiger partial charge in [-0.1, -0.05) is 38.2 Å². The van der Waals surface area contributed by atoms with Crippen LogP contribution in [0.1, 0.15) is 62.9 Å². The summed E-state index contributed by atoms with van der Waals surface area (Å²) >= 11 is 5.05. The van der Waals surface area contributed by atoms with Crippen LogP contribution in [0.15, 0.2) is 22.7 Å². The molecule has 0 saturated heterocycles. The Labute approximate surface area is 166 Å². The van der Waals surface area contributed by atoms with Crippen LogP contribution in [0.25, 0.3) is 0 Å².